The summed E-state index contributed by atoms with van der Waals surface area (Å²) in [5, 5.41) is 4.71. The highest BCUT2D eigenvalue weighted by atomic mass is 79.9. The lowest BCUT2D eigenvalue weighted by Crippen LogP contribution is -2.29. The monoisotopic (exact) mass is 369 g/mol. The first-order chi connectivity index (χ1) is 10.9. The molecule has 0 aliphatic heterocycles. The zero-order chi connectivity index (χ0) is 16.2. The molecule has 4 nitrogen and oxygen atoms in total. The molecule has 0 saturated heterocycles. The number of hydrogen-bond donors (Lipinski definition) is 0. The van der Waals surface area contributed by atoms with E-state index >= 15 is 0 Å². The zero-order valence-electron chi connectivity index (χ0n) is 13.0. The largest absolute Gasteiger partial charge is 0.294 e. The van der Waals surface area contributed by atoms with E-state index in [4.69, 9.17) is 5.10 Å². The average molecular weight is 370 g/mol. The van der Waals surface area contributed by atoms with E-state index in [0.29, 0.717) is 12.0 Å². The SMILES string of the molecule is CC1(C)CC(=O)c2cnc3cc(-c4ccc(Br)cc4)nn3c2C1. The van der Waals surface area contributed by atoms with Crippen molar-refractivity contribution in [2.24, 2.45) is 5.41 Å². The van der Waals surface area contributed by atoms with E-state index in [2.05, 4.69) is 34.8 Å². The van der Waals surface area contributed by atoms with Gasteiger partial charge in [0.1, 0.15) is 0 Å². The maximum Gasteiger partial charge on any atom is 0.166 e. The average Bonchev–Trinajstić information content (AvgIpc) is 2.91. The number of benzene rings is 1. The van der Waals surface area contributed by atoms with Crippen LogP contribution in [-0.2, 0) is 6.42 Å². The predicted octanol–water partition coefficient (Wildman–Crippen LogP) is 4.31. The van der Waals surface area contributed by atoms with Crippen LogP contribution in [-0.4, -0.2) is 20.4 Å². The smallest absolute Gasteiger partial charge is 0.166 e. The van der Waals surface area contributed by atoms with Gasteiger partial charge >= 0.3 is 0 Å². The third-order valence-electron chi connectivity index (χ3n) is 4.31. The Morgan fingerprint density at radius 2 is 1.91 bits per heavy atom. The maximum atomic E-state index is 12.4. The number of carbonyl (C=O) groups is 1. The molecule has 2 heterocycles. The Morgan fingerprint density at radius 3 is 2.65 bits per heavy atom. The molecule has 2 aromatic heterocycles. The molecule has 3 aromatic rings. The number of fused-ring (bicyclic) bond motifs is 3. The Kier molecular flexibility index (Phi) is 3.17. The molecule has 0 radical (unpaired) electrons. The van der Waals surface area contributed by atoms with Gasteiger partial charge in [0, 0.05) is 28.7 Å². The fourth-order valence-corrected chi connectivity index (χ4v) is 3.46. The highest BCUT2D eigenvalue weighted by molar-refractivity contribution is 9.10. The number of Topliss-reactive ketones (excluding diaryl/α,β-unsaturated/α-hetero) is 1. The summed E-state index contributed by atoms with van der Waals surface area (Å²) in [4.78, 5) is 16.8. The van der Waals surface area contributed by atoms with Gasteiger partial charge < -0.3 is 0 Å². The summed E-state index contributed by atoms with van der Waals surface area (Å²) >= 11 is 3.45. The second-order valence-corrected chi connectivity index (χ2v) is 7.78. The normalized spacial score (nSPS) is 16.6. The van der Waals surface area contributed by atoms with Crippen LogP contribution < -0.4 is 0 Å². The Bertz CT molecular complexity index is 925. The van der Waals surface area contributed by atoms with Crippen LogP contribution in [0.3, 0.4) is 0 Å². The van der Waals surface area contributed by atoms with Crippen LogP contribution in [0.2, 0.25) is 0 Å². The third-order valence-corrected chi connectivity index (χ3v) is 4.84. The van der Waals surface area contributed by atoms with Crippen molar-refractivity contribution in [3.05, 3.63) is 52.3 Å². The van der Waals surface area contributed by atoms with Crippen molar-refractivity contribution in [3.63, 3.8) is 0 Å². The molecule has 0 unspecified atom stereocenters. The molecule has 0 fully saturated rings. The summed E-state index contributed by atoms with van der Waals surface area (Å²) in [5.74, 6) is 0.159. The molecule has 0 spiro atoms. The van der Waals surface area contributed by atoms with Gasteiger partial charge in [-0.15, -0.1) is 0 Å². The minimum Gasteiger partial charge on any atom is -0.294 e. The van der Waals surface area contributed by atoms with Gasteiger partial charge in [-0.2, -0.15) is 5.10 Å². The van der Waals surface area contributed by atoms with Crippen LogP contribution in [0.1, 0.15) is 36.3 Å². The van der Waals surface area contributed by atoms with Crippen molar-refractivity contribution < 1.29 is 4.79 Å². The van der Waals surface area contributed by atoms with Crippen molar-refractivity contribution in [2.75, 3.05) is 0 Å². The quantitative estimate of drug-likeness (QED) is 0.641. The molecule has 1 aromatic carbocycles. The summed E-state index contributed by atoms with van der Waals surface area (Å²) in [6, 6.07) is 10.0. The number of carbonyl (C=O) groups excluding carboxylic acids is 1. The second-order valence-electron chi connectivity index (χ2n) is 6.87. The van der Waals surface area contributed by atoms with E-state index in [1.807, 2.05) is 34.8 Å². The standard InChI is InChI=1S/C18H16BrN3O/c1-18(2)8-15-13(16(23)9-18)10-20-17-7-14(21-22(15)17)11-3-5-12(19)6-4-11/h3-7,10H,8-9H2,1-2H3. The van der Waals surface area contributed by atoms with Gasteiger partial charge in [0.2, 0.25) is 0 Å². The molecule has 5 heteroatoms. The first-order valence-corrected chi connectivity index (χ1v) is 8.39. The molecule has 116 valence electrons. The van der Waals surface area contributed by atoms with Gasteiger partial charge in [0.05, 0.1) is 17.0 Å². The molecule has 0 bridgehead atoms. The predicted molar refractivity (Wildman–Crippen MR) is 92.6 cm³/mol. The minimum atomic E-state index is -0.0396. The van der Waals surface area contributed by atoms with E-state index in [0.717, 1.165) is 33.5 Å². The van der Waals surface area contributed by atoms with Crippen molar-refractivity contribution in [1.29, 1.82) is 0 Å². The van der Waals surface area contributed by atoms with Crippen LogP contribution in [0, 0.1) is 5.41 Å². The van der Waals surface area contributed by atoms with E-state index in [1.54, 1.807) is 6.20 Å². The zero-order valence-corrected chi connectivity index (χ0v) is 14.6. The first-order valence-electron chi connectivity index (χ1n) is 7.60. The second kappa shape index (κ2) is 4.99. The van der Waals surface area contributed by atoms with E-state index in [9.17, 15) is 4.79 Å². The fraction of sp³-hybridized carbons (Fsp3) is 0.278. The number of rotatable bonds is 1. The summed E-state index contributed by atoms with van der Waals surface area (Å²) in [5.41, 5.74) is 4.33. The summed E-state index contributed by atoms with van der Waals surface area (Å²) < 4.78 is 2.87. The number of hydrogen-bond acceptors (Lipinski definition) is 3. The molecule has 0 atom stereocenters. The van der Waals surface area contributed by atoms with Crippen molar-refractivity contribution in [3.8, 4) is 11.3 Å². The number of ketones is 1. The highest BCUT2D eigenvalue weighted by Crippen LogP contribution is 2.35. The first kappa shape index (κ1) is 14.6. The van der Waals surface area contributed by atoms with Gasteiger partial charge in [0.25, 0.3) is 0 Å². The van der Waals surface area contributed by atoms with E-state index in [-0.39, 0.29) is 11.2 Å². The summed E-state index contributed by atoms with van der Waals surface area (Å²) in [6.07, 6.45) is 3.10. The van der Waals surface area contributed by atoms with Crippen LogP contribution in [0.25, 0.3) is 16.9 Å². The molecule has 1 aliphatic carbocycles. The van der Waals surface area contributed by atoms with Crippen LogP contribution in [0.5, 0.6) is 0 Å². The molecular formula is C18H16BrN3O. The van der Waals surface area contributed by atoms with Gasteiger partial charge in [-0.1, -0.05) is 41.9 Å². The van der Waals surface area contributed by atoms with Gasteiger partial charge in [-0.25, -0.2) is 9.50 Å². The lowest BCUT2D eigenvalue weighted by molar-refractivity contribution is 0.0908. The third kappa shape index (κ3) is 2.49. The summed E-state index contributed by atoms with van der Waals surface area (Å²) in [6.45, 7) is 4.25. The fourth-order valence-electron chi connectivity index (χ4n) is 3.19. The maximum absolute atomic E-state index is 12.4. The number of aromatic nitrogens is 3. The van der Waals surface area contributed by atoms with Gasteiger partial charge in [-0.05, 0) is 24.0 Å². The summed E-state index contributed by atoms with van der Waals surface area (Å²) in [7, 11) is 0. The Balaban J connectivity index is 1.90. The van der Waals surface area contributed by atoms with Crippen LogP contribution >= 0.6 is 15.9 Å². The highest BCUT2D eigenvalue weighted by Gasteiger charge is 2.33. The van der Waals surface area contributed by atoms with E-state index < -0.39 is 0 Å². The molecule has 23 heavy (non-hydrogen) atoms. The molecular weight excluding hydrogens is 354 g/mol. The molecule has 0 saturated carbocycles. The molecule has 0 N–H and O–H groups in total. The lowest BCUT2D eigenvalue weighted by atomic mass is 9.76. The van der Waals surface area contributed by atoms with Crippen molar-refractivity contribution in [1.82, 2.24) is 14.6 Å². The molecule has 4 rings (SSSR count). The number of nitrogens with zero attached hydrogens (tertiary/aromatic N) is 3. The van der Waals surface area contributed by atoms with E-state index in [1.165, 1.54) is 0 Å². The van der Waals surface area contributed by atoms with Crippen molar-refractivity contribution in [2.45, 2.75) is 26.7 Å². The molecule has 0 amide bonds. The number of halogens is 1. The lowest BCUT2D eigenvalue weighted by Gasteiger charge is -2.29. The van der Waals surface area contributed by atoms with Crippen LogP contribution in [0.15, 0.2) is 41.0 Å². The van der Waals surface area contributed by atoms with Crippen LogP contribution in [0.4, 0.5) is 0 Å². The topological polar surface area (TPSA) is 47.3 Å². The Morgan fingerprint density at radius 1 is 1.17 bits per heavy atom. The van der Waals surface area contributed by atoms with Crippen molar-refractivity contribution >= 4 is 27.4 Å². The van der Waals surface area contributed by atoms with Gasteiger partial charge in [0.15, 0.2) is 11.4 Å². The Labute approximate surface area is 142 Å². The van der Waals surface area contributed by atoms with Gasteiger partial charge in [-0.3, -0.25) is 4.79 Å². The molecule has 1 aliphatic rings. The minimum absolute atomic E-state index is 0.0396. The Hall–Kier alpha value is -2.01.